The van der Waals surface area contributed by atoms with Crippen LogP contribution in [-0.2, 0) is 31.3 Å². The highest BCUT2D eigenvalue weighted by molar-refractivity contribution is 7.92. The Morgan fingerprint density at radius 1 is 1.24 bits per heavy atom. The lowest BCUT2D eigenvalue weighted by molar-refractivity contribution is -0.117. The molecule has 2 aliphatic carbocycles. The molecule has 1 saturated carbocycles. The third kappa shape index (κ3) is 7.26. The fraction of sp³-hybridized carbons (Fsp3) is 0.514. The second kappa shape index (κ2) is 14.1. The summed E-state index contributed by atoms with van der Waals surface area (Å²) in [5.74, 6) is 0.331. The number of hydrogen-bond acceptors (Lipinski definition) is 6. The van der Waals surface area contributed by atoms with Crippen LogP contribution >= 0.6 is 0 Å². The van der Waals surface area contributed by atoms with Gasteiger partial charge in [-0.05, 0) is 92.5 Å². The SMILES string of the molecule is C=CC[C@H](C)CS(=O)(=NC(=O)c1ccc2c(c1)N(C[C@@H]1CC[C@H]1[C@H](C=C)OC)C[C@@]1(CCCc3cc(C)ccc31)CO2)NC(C)=O. The van der Waals surface area contributed by atoms with Crippen LogP contribution in [0.5, 0.6) is 5.75 Å². The van der Waals surface area contributed by atoms with E-state index in [0.717, 1.165) is 56.6 Å². The summed E-state index contributed by atoms with van der Waals surface area (Å²) in [4.78, 5) is 28.0. The number of amides is 2. The van der Waals surface area contributed by atoms with E-state index in [1.807, 2.05) is 25.1 Å². The van der Waals surface area contributed by atoms with Gasteiger partial charge in [0.1, 0.15) is 15.7 Å². The molecule has 6 atom stereocenters. The zero-order chi connectivity index (χ0) is 33.1. The van der Waals surface area contributed by atoms with Gasteiger partial charge in [-0.1, -0.05) is 42.8 Å². The Hall–Kier alpha value is -3.43. The van der Waals surface area contributed by atoms with Crippen LogP contribution in [0.25, 0.3) is 0 Å². The van der Waals surface area contributed by atoms with Gasteiger partial charge in [-0.15, -0.1) is 17.5 Å². The molecule has 5 rings (SSSR count). The fourth-order valence-corrected chi connectivity index (χ4v) is 9.57. The topological polar surface area (TPSA) is 97.3 Å². The third-order valence-corrected chi connectivity index (χ3v) is 12.0. The van der Waals surface area contributed by atoms with E-state index in [9.17, 15) is 13.8 Å². The van der Waals surface area contributed by atoms with Gasteiger partial charge in [-0.2, -0.15) is 0 Å². The van der Waals surface area contributed by atoms with Gasteiger partial charge in [0.25, 0.3) is 5.91 Å². The van der Waals surface area contributed by atoms with Crippen molar-refractivity contribution in [2.45, 2.75) is 70.8 Å². The fourth-order valence-electron chi connectivity index (χ4n) is 7.64. The van der Waals surface area contributed by atoms with E-state index < -0.39 is 21.7 Å². The third-order valence-electron chi connectivity index (χ3n) is 9.95. The standard InChI is InChI=1S/C37H49N3O5S/c1-7-10-26(4)22-46(43,38-27(5)41)39-36(42)29-14-17-35-33(20-29)40(21-30-13-15-31(30)34(8-2)44-6)23-37(24-45-35)18-9-11-28-19-25(3)12-16-32(28)37/h7-8,12,14,16-17,19-20,26,30-31,34H,1-2,9-11,13,15,18,21-24H2,3-6H3,(H,38,39,41,42,43)/t26-,30-,31+,34-,37-,46?/m0/s1. The quantitative estimate of drug-likeness (QED) is 0.277. The zero-order valence-corrected chi connectivity index (χ0v) is 28.6. The summed E-state index contributed by atoms with van der Waals surface area (Å²) >= 11 is 0. The Morgan fingerprint density at radius 3 is 2.72 bits per heavy atom. The molecule has 1 unspecified atom stereocenters. The first-order valence-electron chi connectivity index (χ1n) is 16.5. The number of nitrogens with zero attached hydrogens (tertiary/aromatic N) is 2. The van der Waals surface area contributed by atoms with Gasteiger partial charge in [0.05, 0.1) is 24.2 Å². The van der Waals surface area contributed by atoms with Crippen LogP contribution in [0.3, 0.4) is 0 Å². The summed E-state index contributed by atoms with van der Waals surface area (Å²) in [6.07, 6.45) is 9.54. The van der Waals surface area contributed by atoms with E-state index in [0.29, 0.717) is 30.4 Å². The number of benzene rings is 2. The lowest BCUT2D eigenvalue weighted by Gasteiger charge is -2.46. The molecule has 0 radical (unpaired) electrons. The number of allylic oxidation sites excluding steroid dienone is 1. The number of rotatable bonds is 11. The lowest BCUT2D eigenvalue weighted by Crippen LogP contribution is -2.49. The predicted molar refractivity (Wildman–Crippen MR) is 185 cm³/mol. The van der Waals surface area contributed by atoms with Gasteiger partial charge < -0.3 is 14.4 Å². The number of anilines is 1. The minimum absolute atomic E-state index is 0.00841. The maximum absolute atomic E-state index is 13.8. The van der Waals surface area contributed by atoms with E-state index in [1.165, 1.54) is 23.6 Å². The van der Waals surface area contributed by atoms with Crippen LogP contribution in [0.2, 0.25) is 0 Å². The molecule has 248 valence electrons. The van der Waals surface area contributed by atoms with Crippen LogP contribution in [0, 0.1) is 24.7 Å². The highest BCUT2D eigenvalue weighted by Crippen LogP contribution is 2.46. The first kappa shape index (κ1) is 33.9. The smallest absolute Gasteiger partial charge is 0.286 e. The second-order valence-electron chi connectivity index (χ2n) is 13.6. The normalized spacial score (nSPS) is 24.5. The highest BCUT2D eigenvalue weighted by atomic mass is 32.2. The van der Waals surface area contributed by atoms with Crippen molar-refractivity contribution < 1.29 is 23.3 Å². The number of methoxy groups -OCH3 is 1. The van der Waals surface area contributed by atoms with E-state index in [2.05, 4.69) is 52.3 Å². The molecule has 9 heteroatoms. The molecule has 46 heavy (non-hydrogen) atoms. The molecule has 8 nitrogen and oxygen atoms in total. The van der Waals surface area contributed by atoms with Gasteiger partial charge in [-0.25, -0.2) is 4.21 Å². The van der Waals surface area contributed by atoms with Crippen molar-refractivity contribution in [1.82, 2.24) is 4.72 Å². The van der Waals surface area contributed by atoms with Crippen LogP contribution in [0.1, 0.15) is 73.0 Å². The molecular formula is C37H49N3O5S. The number of carbonyl (C=O) groups excluding carboxylic acids is 2. The first-order chi connectivity index (χ1) is 22.0. The molecule has 1 heterocycles. The van der Waals surface area contributed by atoms with Crippen molar-refractivity contribution in [2.24, 2.45) is 22.1 Å². The number of aryl methyl sites for hydroxylation is 2. The Kier molecular flexibility index (Phi) is 10.4. The van der Waals surface area contributed by atoms with E-state index >= 15 is 0 Å². The van der Waals surface area contributed by atoms with Crippen LogP contribution < -0.4 is 14.4 Å². The molecule has 1 spiro atoms. The summed E-state index contributed by atoms with van der Waals surface area (Å²) < 4.78 is 32.8. The van der Waals surface area contributed by atoms with Crippen molar-refractivity contribution in [3.8, 4) is 5.75 Å². The Labute approximate surface area is 274 Å². The van der Waals surface area contributed by atoms with Crippen molar-refractivity contribution in [2.75, 3.05) is 37.5 Å². The monoisotopic (exact) mass is 647 g/mol. The highest BCUT2D eigenvalue weighted by Gasteiger charge is 2.44. The van der Waals surface area contributed by atoms with E-state index in [1.54, 1.807) is 19.3 Å². The van der Waals surface area contributed by atoms with Crippen molar-refractivity contribution in [1.29, 1.82) is 0 Å². The number of carbonyl (C=O) groups is 2. The predicted octanol–water partition coefficient (Wildman–Crippen LogP) is 6.57. The first-order valence-corrected chi connectivity index (χ1v) is 18.1. The molecule has 1 aliphatic heterocycles. The Bertz CT molecular complexity index is 1610. The Balaban J connectivity index is 1.54. The largest absolute Gasteiger partial charge is 0.490 e. The molecule has 0 aromatic heterocycles. The molecule has 1 N–H and O–H groups in total. The molecule has 2 amide bonds. The van der Waals surface area contributed by atoms with Crippen LogP contribution in [-0.4, -0.2) is 54.7 Å². The molecule has 3 aliphatic rings. The minimum atomic E-state index is -3.33. The molecule has 0 saturated heterocycles. The Morgan fingerprint density at radius 2 is 2.04 bits per heavy atom. The second-order valence-corrected chi connectivity index (χ2v) is 15.6. The zero-order valence-electron chi connectivity index (χ0n) is 27.8. The van der Waals surface area contributed by atoms with Gasteiger partial charge in [0.15, 0.2) is 0 Å². The average molecular weight is 648 g/mol. The number of nitrogens with one attached hydrogen (secondary N) is 1. The summed E-state index contributed by atoms with van der Waals surface area (Å²) in [6.45, 7) is 15.2. The van der Waals surface area contributed by atoms with E-state index in [-0.39, 0.29) is 23.2 Å². The minimum Gasteiger partial charge on any atom is -0.490 e. The van der Waals surface area contributed by atoms with Crippen molar-refractivity contribution in [3.05, 3.63) is 84.0 Å². The summed E-state index contributed by atoms with van der Waals surface area (Å²) in [5, 5.41) is 0. The van der Waals surface area contributed by atoms with Crippen molar-refractivity contribution >= 4 is 27.4 Å². The number of ether oxygens (including phenoxy) is 2. The van der Waals surface area contributed by atoms with Gasteiger partial charge in [0, 0.05) is 38.1 Å². The molecule has 0 bridgehead atoms. The average Bonchev–Trinajstić information content (AvgIpc) is 3.14. The lowest BCUT2D eigenvalue weighted by atomic mass is 9.68. The summed E-state index contributed by atoms with van der Waals surface area (Å²) in [5.41, 5.74) is 4.95. The molecule has 1 fully saturated rings. The van der Waals surface area contributed by atoms with Crippen molar-refractivity contribution in [3.63, 3.8) is 0 Å². The maximum Gasteiger partial charge on any atom is 0.286 e. The number of fused-ring (bicyclic) bond motifs is 3. The van der Waals surface area contributed by atoms with Crippen LogP contribution in [0.15, 0.2) is 66.1 Å². The number of hydrogen-bond donors (Lipinski definition) is 1. The summed E-state index contributed by atoms with van der Waals surface area (Å²) in [7, 11) is -1.59. The molecule has 2 aromatic rings. The molecule has 2 aromatic carbocycles. The van der Waals surface area contributed by atoms with Gasteiger partial charge in [0.2, 0.25) is 5.91 Å². The van der Waals surface area contributed by atoms with Gasteiger partial charge in [-0.3, -0.25) is 14.3 Å². The van der Waals surface area contributed by atoms with Gasteiger partial charge >= 0.3 is 0 Å². The molecular weight excluding hydrogens is 598 g/mol. The maximum atomic E-state index is 13.8. The summed E-state index contributed by atoms with van der Waals surface area (Å²) in [6, 6.07) is 12.1. The van der Waals surface area contributed by atoms with Crippen LogP contribution in [0.4, 0.5) is 5.69 Å². The van der Waals surface area contributed by atoms with E-state index in [4.69, 9.17) is 9.47 Å².